The van der Waals surface area contributed by atoms with Crippen LogP contribution in [0, 0.1) is 5.41 Å². The number of piperidine rings is 1. The van der Waals surface area contributed by atoms with Gasteiger partial charge in [0.1, 0.15) is 0 Å². The second kappa shape index (κ2) is 5.84. The molecular weight excluding hydrogens is 218 g/mol. The number of hydrogen-bond donors (Lipinski definition) is 0. The van der Waals surface area contributed by atoms with Crippen LogP contribution in [0.1, 0.15) is 33.1 Å². The van der Waals surface area contributed by atoms with Crippen molar-refractivity contribution in [2.45, 2.75) is 33.1 Å². The van der Waals surface area contributed by atoms with Crippen LogP contribution in [0.4, 0.5) is 0 Å². The van der Waals surface area contributed by atoms with Crippen molar-refractivity contribution in [3.63, 3.8) is 0 Å². The van der Waals surface area contributed by atoms with Gasteiger partial charge in [0.25, 0.3) is 0 Å². The normalized spacial score (nSPS) is 19.4. The van der Waals surface area contributed by atoms with E-state index in [1.54, 1.807) is 11.8 Å². The fourth-order valence-corrected chi connectivity index (χ4v) is 2.21. The third kappa shape index (κ3) is 3.08. The number of amides is 1. The van der Waals surface area contributed by atoms with Crippen LogP contribution in [0.15, 0.2) is 12.2 Å². The van der Waals surface area contributed by atoms with Crippen molar-refractivity contribution in [2.24, 2.45) is 5.41 Å². The van der Waals surface area contributed by atoms with Gasteiger partial charge >= 0.3 is 5.97 Å². The molecule has 1 fully saturated rings. The van der Waals surface area contributed by atoms with E-state index in [0.717, 1.165) is 6.42 Å². The first-order chi connectivity index (χ1) is 8.05. The van der Waals surface area contributed by atoms with E-state index >= 15 is 0 Å². The van der Waals surface area contributed by atoms with Crippen molar-refractivity contribution < 1.29 is 14.3 Å². The lowest BCUT2D eigenvalue weighted by atomic mass is 9.78. The van der Waals surface area contributed by atoms with Crippen LogP contribution in [0.25, 0.3) is 0 Å². The van der Waals surface area contributed by atoms with Gasteiger partial charge in [-0.1, -0.05) is 19.1 Å². The average Bonchev–Trinajstić information content (AvgIpc) is 2.35. The van der Waals surface area contributed by atoms with Gasteiger partial charge in [-0.05, 0) is 19.3 Å². The number of rotatable bonds is 3. The number of allylic oxidation sites excluding steroid dienone is 1. The highest BCUT2D eigenvalue weighted by molar-refractivity contribution is 5.80. The summed E-state index contributed by atoms with van der Waals surface area (Å²) < 4.78 is 4.89. The highest BCUT2D eigenvalue weighted by atomic mass is 16.5. The molecule has 1 aliphatic heterocycles. The molecule has 0 saturated carbocycles. The third-order valence-electron chi connectivity index (χ3n) is 3.37. The minimum atomic E-state index is -0.531. The number of nitrogens with zero attached hydrogens (tertiary/aromatic N) is 1. The molecule has 1 aliphatic rings. The van der Waals surface area contributed by atoms with E-state index in [4.69, 9.17) is 4.74 Å². The Bertz CT molecular complexity index is 315. The number of esters is 1. The maximum atomic E-state index is 11.9. The molecule has 0 aromatic heterocycles. The highest BCUT2D eigenvalue weighted by Gasteiger charge is 2.40. The zero-order chi connectivity index (χ0) is 12.9. The lowest BCUT2D eigenvalue weighted by Crippen LogP contribution is -2.45. The van der Waals surface area contributed by atoms with E-state index in [1.807, 2.05) is 19.1 Å². The summed E-state index contributed by atoms with van der Waals surface area (Å²) in [4.78, 5) is 24.9. The Kier molecular flexibility index (Phi) is 4.73. The van der Waals surface area contributed by atoms with Crippen molar-refractivity contribution in [3.05, 3.63) is 12.2 Å². The van der Waals surface area contributed by atoms with E-state index in [-0.39, 0.29) is 11.9 Å². The van der Waals surface area contributed by atoms with E-state index in [1.165, 1.54) is 7.11 Å². The smallest absolute Gasteiger partial charge is 0.315 e. The van der Waals surface area contributed by atoms with Gasteiger partial charge in [-0.15, -0.1) is 0 Å². The average molecular weight is 239 g/mol. The van der Waals surface area contributed by atoms with Gasteiger partial charge in [0.15, 0.2) is 0 Å². The molecule has 4 nitrogen and oxygen atoms in total. The Morgan fingerprint density at radius 2 is 1.94 bits per heavy atom. The van der Waals surface area contributed by atoms with Crippen LogP contribution in [0.2, 0.25) is 0 Å². The Morgan fingerprint density at radius 1 is 1.35 bits per heavy atom. The molecule has 0 aromatic rings. The summed E-state index contributed by atoms with van der Waals surface area (Å²) in [7, 11) is 1.42. The maximum absolute atomic E-state index is 11.9. The SMILES string of the molecule is CC/C=C/C1(C(=O)OC)CCN(C(C)=O)CC1. The molecule has 1 heterocycles. The molecule has 1 rings (SSSR count). The number of likely N-dealkylation sites (tertiary alicyclic amines) is 1. The monoisotopic (exact) mass is 239 g/mol. The van der Waals surface area contributed by atoms with Gasteiger partial charge in [0, 0.05) is 20.0 Å². The summed E-state index contributed by atoms with van der Waals surface area (Å²) >= 11 is 0. The molecule has 4 heteroatoms. The molecule has 0 aromatic carbocycles. The topological polar surface area (TPSA) is 46.6 Å². The van der Waals surface area contributed by atoms with Gasteiger partial charge in [-0.2, -0.15) is 0 Å². The maximum Gasteiger partial charge on any atom is 0.315 e. The summed E-state index contributed by atoms with van der Waals surface area (Å²) in [5.41, 5.74) is -0.531. The number of carbonyl (C=O) groups excluding carboxylic acids is 2. The van der Waals surface area contributed by atoms with Crippen molar-refractivity contribution in [1.29, 1.82) is 0 Å². The lowest BCUT2D eigenvalue weighted by Gasteiger charge is -2.37. The Balaban J connectivity index is 2.78. The summed E-state index contributed by atoms with van der Waals surface area (Å²) in [6.07, 6.45) is 6.15. The predicted octanol–water partition coefficient (Wildman–Crippen LogP) is 1.75. The Labute approximate surface area is 103 Å². The van der Waals surface area contributed by atoms with Crippen LogP contribution < -0.4 is 0 Å². The molecular formula is C13H21NO3. The van der Waals surface area contributed by atoms with Gasteiger partial charge in [-0.3, -0.25) is 9.59 Å². The van der Waals surface area contributed by atoms with E-state index in [2.05, 4.69) is 0 Å². The van der Waals surface area contributed by atoms with Crippen LogP contribution in [-0.2, 0) is 14.3 Å². The van der Waals surface area contributed by atoms with Gasteiger partial charge in [0.2, 0.25) is 5.91 Å². The van der Waals surface area contributed by atoms with E-state index in [9.17, 15) is 9.59 Å². The summed E-state index contributed by atoms with van der Waals surface area (Å²) in [6.45, 7) is 4.84. The first-order valence-electron chi connectivity index (χ1n) is 6.07. The number of ether oxygens (including phenoxy) is 1. The molecule has 0 unspecified atom stereocenters. The quantitative estimate of drug-likeness (QED) is 0.557. The minimum absolute atomic E-state index is 0.0722. The number of carbonyl (C=O) groups is 2. The van der Waals surface area contributed by atoms with Crippen molar-refractivity contribution >= 4 is 11.9 Å². The van der Waals surface area contributed by atoms with Gasteiger partial charge < -0.3 is 9.64 Å². The molecule has 0 radical (unpaired) electrons. The van der Waals surface area contributed by atoms with E-state index in [0.29, 0.717) is 25.9 Å². The minimum Gasteiger partial charge on any atom is -0.468 e. The Morgan fingerprint density at radius 3 is 2.35 bits per heavy atom. The lowest BCUT2D eigenvalue weighted by molar-refractivity contribution is -0.153. The molecule has 0 atom stereocenters. The summed E-state index contributed by atoms with van der Waals surface area (Å²) in [5.74, 6) is -0.117. The van der Waals surface area contributed by atoms with Crippen LogP contribution in [0.5, 0.6) is 0 Å². The zero-order valence-corrected chi connectivity index (χ0v) is 10.9. The second-order valence-electron chi connectivity index (χ2n) is 4.46. The first-order valence-corrected chi connectivity index (χ1v) is 6.07. The van der Waals surface area contributed by atoms with E-state index < -0.39 is 5.41 Å². The van der Waals surface area contributed by atoms with Crippen molar-refractivity contribution in [2.75, 3.05) is 20.2 Å². The zero-order valence-electron chi connectivity index (χ0n) is 10.9. The third-order valence-corrected chi connectivity index (χ3v) is 3.37. The fraction of sp³-hybridized carbons (Fsp3) is 0.692. The molecule has 0 spiro atoms. The molecule has 96 valence electrons. The Hall–Kier alpha value is -1.32. The van der Waals surface area contributed by atoms with Gasteiger partial charge in [0.05, 0.1) is 12.5 Å². The van der Waals surface area contributed by atoms with Crippen LogP contribution in [-0.4, -0.2) is 37.0 Å². The van der Waals surface area contributed by atoms with Gasteiger partial charge in [-0.25, -0.2) is 0 Å². The largest absolute Gasteiger partial charge is 0.468 e. The van der Waals surface area contributed by atoms with Crippen LogP contribution in [0.3, 0.4) is 0 Å². The first kappa shape index (κ1) is 13.7. The predicted molar refractivity (Wildman–Crippen MR) is 65.4 cm³/mol. The number of methoxy groups -OCH3 is 1. The number of hydrogen-bond acceptors (Lipinski definition) is 3. The molecule has 1 saturated heterocycles. The highest BCUT2D eigenvalue weighted by Crippen LogP contribution is 2.34. The summed E-state index contributed by atoms with van der Waals surface area (Å²) in [6, 6.07) is 0. The van der Waals surface area contributed by atoms with Crippen molar-refractivity contribution in [3.8, 4) is 0 Å². The molecule has 0 bridgehead atoms. The fourth-order valence-electron chi connectivity index (χ4n) is 2.21. The molecule has 0 N–H and O–H groups in total. The molecule has 1 amide bonds. The molecule has 17 heavy (non-hydrogen) atoms. The summed E-state index contributed by atoms with van der Waals surface area (Å²) in [5, 5.41) is 0. The second-order valence-corrected chi connectivity index (χ2v) is 4.46. The standard InChI is InChI=1S/C13H21NO3/c1-4-5-6-13(12(16)17-3)7-9-14(10-8-13)11(2)15/h5-6H,4,7-10H2,1-3H3/b6-5+. The van der Waals surface area contributed by atoms with Crippen molar-refractivity contribution in [1.82, 2.24) is 4.90 Å². The van der Waals surface area contributed by atoms with Crippen LogP contribution >= 0.6 is 0 Å². The molecule has 0 aliphatic carbocycles.